The molecule has 92 valence electrons. The molecule has 0 unspecified atom stereocenters. The van der Waals surface area contributed by atoms with E-state index >= 15 is 0 Å². The van der Waals surface area contributed by atoms with Gasteiger partial charge in [-0.25, -0.2) is 0 Å². The molecule has 2 N–H and O–H groups in total. The van der Waals surface area contributed by atoms with Crippen LogP contribution in [0.5, 0.6) is 5.75 Å². The Kier molecular flexibility index (Phi) is 2.13. The molecule has 1 saturated heterocycles. The second-order valence-electron chi connectivity index (χ2n) is 6.31. The van der Waals surface area contributed by atoms with E-state index in [2.05, 4.69) is 32.2 Å². The SMILES string of the molecule is CC1(C)c2cccc(O)c2C[C@@H]2NCC[C@]21C. The summed E-state index contributed by atoms with van der Waals surface area (Å²) in [5.41, 5.74) is 2.90. The minimum atomic E-state index is 0.119. The molecule has 2 heteroatoms. The molecule has 1 aliphatic carbocycles. The Labute approximate surface area is 103 Å². The summed E-state index contributed by atoms with van der Waals surface area (Å²) in [6.07, 6.45) is 2.18. The standard InChI is InChI=1S/C15H21NO/c1-14(2)11-5-4-6-12(17)10(11)9-13-15(14,3)7-8-16-13/h4-6,13,16-17H,7-9H2,1-3H3/t13-,15+/m0/s1. The molecule has 0 amide bonds. The molecular weight excluding hydrogens is 210 g/mol. The van der Waals surface area contributed by atoms with Crippen molar-refractivity contribution in [2.24, 2.45) is 5.41 Å². The van der Waals surface area contributed by atoms with Gasteiger partial charge in [0.1, 0.15) is 5.75 Å². The van der Waals surface area contributed by atoms with Gasteiger partial charge in [-0.2, -0.15) is 0 Å². The highest BCUT2D eigenvalue weighted by atomic mass is 16.3. The van der Waals surface area contributed by atoms with Crippen LogP contribution in [0.4, 0.5) is 0 Å². The molecule has 0 bridgehead atoms. The molecule has 2 nitrogen and oxygen atoms in total. The molecule has 0 saturated carbocycles. The number of hydrogen-bond acceptors (Lipinski definition) is 2. The summed E-state index contributed by atoms with van der Waals surface area (Å²) in [6, 6.07) is 6.47. The van der Waals surface area contributed by atoms with E-state index in [0.29, 0.717) is 17.2 Å². The maximum absolute atomic E-state index is 10.1. The number of fused-ring (bicyclic) bond motifs is 2. The van der Waals surface area contributed by atoms with Crippen LogP contribution in [0.2, 0.25) is 0 Å². The maximum Gasteiger partial charge on any atom is 0.119 e. The van der Waals surface area contributed by atoms with Gasteiger partial charge in [-0.15, -0.1) is 0 Å². The summed E-state index contributed by atoms with van der Waals surface area (Å²) in [4.78, 5) is 0. The Morgan fingerprint density at radius 1 is 1.29 bits per heavy atom. The fourth-order valence-electron chi connectivity index (χ4n) is 3.84. The third kappa shape index (κ3) is 1.25. The van der Waals surface area contributed by atoms with Gasteiger partial charge >= 0.3 is 0 Å². The van der Waals surface area contributed by atoms with E-state index in [1.54, 1.807) is 0 Å². The molecular formula is C15H21NO. The summed E-state index contributed by atoms with van der Waals surface area (Å²) in [6.45, 7) is 8.14. The van der Waals surface area contributed by atoms with Gasteiger partial charge in [0.15, 0.2) is 0 Å². The molecule has 2 atom stereocenters. The zero-order chi connectivity index (χ0) is 12.3. The molecule has 1 heterocycles. The molecule has 0 radical (unpaired) electrons. The largest absolute Gasteiger partial charge is 0.508 e. The van der Waals surface area contributed by atoms with Gasteiger partial charge in [0.2, 0.25) is 0 Å². The van der Waals surface area contributed by atoms with E-state index in [1.165, 1.54) is 12.0 Å². The first-order valence-corrected chi connectivity index (χ1v) is 6.51. The van der Waals surface area contributed by atoms with Crippen LogP contribution >= 0.6 is 0 Å². The zero-order valence-corrected chi connectivity index (χ0v) is 10.9. The predicted octanol–water partition coefficient (Wildman–Crippen LogP) is 2.59. The van der Waals surface area contributed by atoms with E-state index in [9.17, 15) is 5.11 Å². The lowest BCUT2D eigenvalue weighted by molar-refractivity contribution is 0.129. The van der Waals surface area contributed by atoms with Crippen LogP contribution in [0.25, 0.3) is 0 Å². The molecule has 0 spiro atoms. The van der Waals surface area contributed by atoms with Gasteiger partial charge in [-0.3, -0.25) is 0 Å². The Balaban J connectivity index is 2.22. The third-order valence-electron chi connectivity index (χ3n) is 5.46. The van der Waals surface area contributed by atoms with Crippen LogP contribution < -0.4 is 5.32 Å². The second-order valence-corrected chi connectivity index (χ2v) is 6.31. The second kappa shape index (κ2) is 3.26. The highest BCUT2D eigenvalue weighted by molar-refractivity contribution is 5.48. The summed E-state index contributed by atoms with van der Waals surface area (Å²) < 4.78 is 0. The van der Waals surface area contributed by atoms with Crippen molar-refractivity contribution in [2.75, 3.05) is 6.54 Å². The zero-order valence-electron chi connectivity index (χ0n) is 10.9. The normalized spacial score (nSPS) is 34.2. The van der Waals surface area contributed by atoms with E-state index in [4.69, 9.17) is 0 Å². The van der Waals surface area contributed by atoms with Crippen molar-refractivity contribution >= 4 is 0 Å². The number of phenolic OH excluding ortho intramolecular Hbond substituents is 1. The van der Waals surface area contributed by atoms with Gasteiger partial charge in [0.05, 0.1) is 0 Å². The number of aromatic hydroxyl groups is 1. The maximum atomic E-state index is 10.1. The molecule has 1 aromatic rings. The topological polar surface area (TPSA) is 32.3 Å². The smallest absolute Gasteiger partial charge is 0.119 e. The van der Waals surface area contributed by atoms with Crippen LogP contribution in [-0.2, 0) is 11.8 Å². The molecule has 17 heavy (non-hydrogen) atoms. The molecule has 1 aromatic carbocycles. The molecule has 3 rings (SSSR count). The van der Waals surface area contributed by atoms with Crippen LogP contribution in [0.15, 0.2) is 18.2 Å². The first-order valence-electron chi connectivity index (χ1n) is 6.51. The monoisotopic (exact) mass is 231 g/mol. The summed E-state index contributed by atoms with van der Waals surface area (Å²) in [7, 11) is 0. The van der Waals surface area contributed by atoms with Crippen molar-refractivity contribution in [1.82, 2.24) is 5.32 Å². The van der Waals surface area contributed by atoms with Crippen molar-refractivity contribution < 1.29 is 5.11 Å². The fraction of sp³-hybridized carbons (Fsp3) is 0.600. The van der Waals surface area contributed by atoms with E-state index in [0.717, 1.165) is 18.5 Å². The van der Waals surface area contributed by atoms with Crippen LogP contribution in [0.3, 0.4) is 0 Å². The first-order chi connectivity index (χ1) is 7.97. The average molecular weight is 231 g/mol. The first kappa shape index (κ1) is 11.1. The quantitative estimate of drug-likeness (QED) is 0.719. The number of benzene rings is 1. The van der Waals surface area contributed by atoms with Crippen LogP contribution in [0, 0.1) is 5.41 Å². The highest BCUT2D eigenvalue weighted by Gasteiger charge is 2.53. The number of nitrogens with one attached hydrogen (secondary N) is 1. The Bertz CT molecular complexity index is 466. The lowest BCUT2D eigenvalue weighted by Gasteiger charge is -2.50. The van der Waals surface area contributed by atoms with E-state index in [-0.39, 0.29) is 5.41 Å². The molecule has 0 aromatic heterocycles. The Hall–Kier alpha value is -1.02. The minimum absolute atomic E-state index is 0.119. The summed E-state index contributed by atoms with van der Waals surface area (Å²) >= 11 is 0. The molecule has 2 aliphatic rings. The predicted molar refractivity (Wildman–Crippen MR) is 69.4 cm³/mol. The Morgan fingerprint density at radius 3 is 2.82 bits per heavy atom. The fourth-order valence-corrected chi connectivity index (χ4v) is 3.84. The number of rotatable bonds is 0. The molecule has 1 aliphatic heterocycles. The van der Waals surface area contributed by atoms with Gasteiger partial charge in [-0.1, -0.05) is 32.9 Å². The van der Waals surface area contributed by atoms with Gasteiger partial charge in [0, 0.05) is 6.04 Å². The van der Waals surface area contributed by atoms with Gasteiger partial charge < -0.3 is 10.4 Å². The summed E-state index contributed by atoms with van der Waals surface area (Å²) in [5, 5.41) is 13.7. The van der Waals surface area contributed by atoms with Crippen molar-refractivity contribution in [2.45, 2.75) is 45.1 Å². The lowest BCUT2D eigenvalue weighted by Crippen LogP contribution is -2.52. The van der Waals surface area contributed by atoms with Crippen LogP contribution in [0.1, 0.15) is 38.3 Å². The van der Waals surface area contributed by atoms with Crippen LogP contribution in [-0.4, -0.2) is 17.7 Å². The highest BCUT2D eigenvalue weighted by Crippen LogP contribution is 2.54. The van der Waals surface area contributed by atoms with Crippen molar-refractivity contribution in [3.05, 3.63) is 29.3 Å². The van der Waals surface area contributed by atoms with Crippen molar-refractivity contribution in [1.29, 1.82) is 0 Å². The summed E-state index contributed by atoms with van der Waals surface area (Å²) in [5.74, 6) is 0.464. The lowest BCUT2D eigenvalue weighted by atomic mass is 9.54. The van der Waals surface area contributed by atoms with Gasteiger partial charge in [0.25, 0.3) is 0 Å². The number of hydrogen-bond donors (Lipinski definition) is 2. The minimum Gasteiger partial charge on any atom is -0.508 e. The van der Waals surface area contributed by atoms with Crippen molar-refractivity contribution in [3.8, 4) is 5.75 Å². The van der Waals surface area contributed by atoms with Gasteiger partial charge in [-0.05, 0) is 47.4 Å². The van der Waals surface area contributed by atoms with E-state index in [1.807, 2.05) is 12.1 Å². The number of phenols is 1. The van der Waals surface area contributed by atoms with Crippen molar-refractivity contribution in [3.63, 3.8) is 0 Å². The molecule has 1 fully saturated rings. The Morgan fingerprint density at radius 2 is 2.06 bits per heavy atom. The van der Waals surface area contributed by atoms with E-state index < -0.39 is 0 Å². The average Bonchev–Trinajstić information content (AvgIpc) is 2.64. The third-order valence-corrected chi connectivity index (χ3v) is 5.46.